The average molecular weight is 376 g/mol. The lowest BCUT2D eigenvalue weighted by Gasteiger charge is -2.09. The number of amides is 2. The topological polar surface area (TPSA) is 76.7 Å². The van der Waals surface area contributed by atoms with Crippen molar-refractivity contribution in [1.29, 1.82) is 0 Å². The number of anilines is 2. The molecule has 28 heavy (non-hydrogen) atoms. The fourth-order valence-corrected chi connectivity index (χ4v) is 2.47. The van der Waals surface area contributed by atoms with Crippen molar-refractivity contribution in [3.8, 4) is 11.5 Å². The number of rotatable bonds is 7. The summed E-state index contributed by atoms with van der Waals surface area (Å²) in [5, 5.41) is 5.55. The summed E-state index contributed by atoms with van der Waals surface area (Å²) in [6.07, 6.45) is 0. The van der Waals surface area contributed by atoms with E-state index in [4.69, 9.17) is 9.47 Å². The van der Waals surface area contributed by atoms with Gasteiger partial charge in [0.15, 0.2) is 6.61 Å². The normalized spacial score (nSPS) is 10.0. The lowest BCUT2D eigenvalue weighted by atomic mass is 10.2. The van der Waals surface area contributed by atoms with E-state index in [1.165, 1.54) is 0 Å². The second-order valence-electron chi connectivity index (χ2n) is 5.91. The van der Waals surface area contributed by atoms with Gasteiger partial charge in [0.1, 0.15) is 11.5 Å². The number of para-hydroxylation sites is 1. The Labute approximate surface area is 163 Å². The van der Waals surface area contributed by atoms with E-state index in [1.54, 1.807) is 67.8 Å². The molecule has 0 heterocycles. The van der Waals surface area contributed by atoms with Crippen LogP contribution in [0.4, 0.5) is 11.4 Å². The smallest absolute Gasteiger partial charge is 0.262 e. The molecule has 2 amide bonds. The lowest BCUT2D eigenvalue weighted by Crippen LogP contribution is -2.20. The third-order valence-electron chi connectivity index (χ3n) is 3.87. The van der Waals surface area contributed by atoms with Crippen molar-refractivity contribution in [2.45, 2.75) is 0 Å². The van der Waals surface area contributed by atoms with Crippen LogP contribution in [-0.2, 0) is 4.79 Å². The molecule has 0 aromatic heterocycles. The largest absolute Gasteiger partial charge is 0.497 e. The van der Waals surface area contributed by atoms with E-state index in [0.717, 1.165) is 0 Å². The number of benzene rings is 3. The number of hydrogen-bond donors (Lipinski definition) is 2. The summed E-state index contributed by atoms with van der Waals surface area (Å²) in [5.74, 6) is 0.737. The maximum atomic E-state index is 12.3. The van der Waals surface area contributed by atoms with Gasteiger partial charge in [0.05, 0.1) is 7.11 Å². The minimum absolute atomic E-state index is 0.0850. The van der Waals surface area contributed by atoms with Gasteiger partial charge < -0.3 is 20.1 Å². The number of carbonyl (C=O) groups excluding carboxylic acids is 2. The monoisotopic (exact) mass is 376 g/mol. The van der Waals surface area contributed by atoms with Crippen LogP contribution in [-0.4, -0.2) is 25.5 Å². The number of carbonyl (C=O) groups is 2. The highest BCUT2D eigenvalue weighted by molar-refractivity contribution is 6.04. The van der Waals surface area contributed by atoms with Crippen LogP contribution in [0.15, 0.2) is 78.9 Å². The van der Waals surface area contributed by atoms with Crippen LogP contribution in [0.2, 0.25) is 0 Å². The van der Waals surface area contributed by atoms with Gasteiger partial charge in [0.25, 0.3) is 11.8 Å². The first-order chi connectivity index (χ1) is 13.6. The van der Waals surface area contributed by atoms with E-state index in [-0.39, 0.29) is 18.4 Å². The van der Waals surface area contributed by atoms with Gasteiger partial charge >= 0.3 is 0 Å². The Morgan fingerprint density at radius 3 is 2.11 bits per heavy atom. The second-order valence-corrected chi connectivity index (χ2v) is 5.91. The molecule has 0 aliphatic carbocycles. The van der Waals surface area contributed by atoms with Crippen LogP contribution in [0.5, 0.6) is 11.5 Å². The van der Waals surface area contributed by atoms with Crippen LogP contribution in [0.1, 0.15) is 10.4 Å². The highest BCUT2D eigenvalue weighted by Gasteiger charge is 2.08. The van der Waals surface area contributed by atoms with E-state index in [2.05, 4.69) is 10.6 Å². The van der Waals surface area contributed by atoms with E-state index < -0.39 is 0 Å². The zero-order valence-electron chi connectivity index (χ0n) is 15.3. The summed E-state index contributed by atoms with van der Waals surface area (Å²) in [7, 11) is 1.55. The highest BCUT2D eigenvalue weighted by Crippen LogP contribution is 2.17. The SMILES string of the molecule is COc1cccc(C(=O)Nc2ccc(NC(=O)COc3ccccc3)cc2)c1. The Balaban J connectivity index is 1.52. The molecule has 0 unspecified atom stereocenters. The van der Waals surface area contributed by atoms with E-state index >= 15 is 0 Å². The summed E-state index contributed by atoms with van der Waals surface area (Å²) >= 11 is 0. The molecule has 3 aromatic carbocycles. The van der Waals surface area contributed by atoms with E-state index in [1.807, 2.05) is 18.2 Å². The molecular formula is C22H20N2O4. The number of ether oxygens (including phenoxy) is 2. The van der Waals surface area contributed by atoms with Gasteiger partial charge in [0.2, 0.25) is 0 Å². The van der Waals surface area contributed by atoms with Gasteiger partial charge in [-0.1, -0.05) is 24.3 Å². The Kier molecular flexibility index (Phi) is 6.25. The molecule has 3 aromatic rings. The molecule has 0 aliphatic heterocycles. The van der Waals surface area contributed by atoms with Crippen molar-refractivity contribution < 1.29 is 19.1 Å². The van der Waals surface area contributed by atoms with Crippen LogP contribution in [0.3, 0.4) is 0 Å². The summed E-state index contributed by atoms with van der Waals surface area (Å²) in [6.45, 7) is -0.0850. The van der Waals surface area contributed by atoms with Crippen molar-refractivity contribution in [2.24, 2.45) is 0 Å². The second kappa shape index (κ2) is 9.23. The molecule has 142 valence electrons. The van der Waals surface area contributed by atoms with Crippen molar-refractivity contribution in [3.05, 3.63) is 84.4 Å². The van der Waals surface area contributed by atoms with Gasteiger partial charge in [0, 0.05) is 16.9 Å². The minimum atomic E-state index is -0.267. The van der Waals surface area contributed by atoms with Gasteiger partial charge in [-0.25, -0.2) is 0 Å². The molecule has 3 rings (SSSR count). The first-order valence-corrected chi connectivity index (χ1v) is 8.67. The number of nitrogens with one attached hydrogen (secondary N) is 2. The summed E-state index contributed by atoms with van der Waals surface area (Å²) in [6, 6.07) is 22.9. The predicted molar refractivity (Wildman–Crippen MR) is 108 cm³/mol. The third-order valence-corrected chi connectivity index (χ3v) is 3.87. The Morgan fingerprint density at radius 2 is 1.43 bits per heavy atom. The van der Waals surface area contributed by atoms with E-state index in [0.29, 0.717) is 28.4 Å². The molecule has 2 N–H and O–H groups in total. The fraction of sp³-hybridized carbons (Fsp3) is 0.0909. The molecule has 0 fully saturated rings. The van der Waals surface area contributed by atoms with Crippen molar-refractivity contribution >= 4 is 23.2 Å². The van der Waals surface area contributed by atoms with Crippen LogP contribution in [0.25, 0.3) is 0 Å². The van der Waals surface area contributed by atoms with Crippen LogP contribution in [0, 0.1) is 0 Å². The molecule has 0 aliphatic rings. The fourth-order valence-electron chi connectivity index (χ4n) is 2.47. The van der Waals surface area contributed by atoms with Gasteiger partial charge in [-0.15, -0.1) is 0 Å². The molecule has 6 heteroatoms. The van der Waals surface area contributed by atoms with Crippen molar-refractivity contribution in [2.75, 3.05) is 24.4 Å². The molecule has 0 saturated carbocycles. The molecular weight excluding hydrogens is 356 g/mol. The van der Waals surface area contributed by atoms with Crippen LogP contribution < -0.4 is 20.1 Å². The zero-order valence-corrected chi connectivity index (χ0v) is 15.3. The minimum Gasteiger partial charge on any atom is -0.497 e. The highest BCUT2D eigenvalue weighted by atomic mass is 16.5. The van der Waals surface area contributed by atoms with Crippen molar-refractivity contribution in [1.82, 2.24) is 0 Å². The first-order valence-electron chi connectivity index (χ1n) is 8.67. The molecule has 0 atom stereocenters. The predicted octanol–water partition coefficient (Wildman–Crippen LogP) is 3.97. The lowest BCUT2D eigenvalue weighted by molar-refractivity contribution is -0.118. The summed E-state index contributed by atoms with van der Waals surface area (Å²) in [4.78, 5) is 24.3. The summed E-state index contributed by atoms with van der Waals surface area (Å²) in [5.41, 5.74) is 1.72. The first kappa shape index (κ1) is 19.0. The molecule has 0 saturated heterocycles. The molecule has 6 nitrogen and oxygen atoms in total. The molecule has 0 spiro atoms. The van der Waals surface area contributed by atoms with Crippen LogP contribution >= 0.6 is 0 Å². The Morgan fingerprint density at radius 1 is 0.786 bits per heavy atom. The number of methoxy groups -OCH3 is 1. The molecule has 0 radical (unpaired) electrons. The maximum Gasteiger partial charge on any atom is 0.262 e. The number of hydrogen-bond acceptors (Lipinski definition) is 4. The molecule has 0 bridgehead atoms. The summed E-state index contributed by atoms with van der Waals surface area (Å²) < 4.78 is 10.5. The Bertz CT molecular complexity index is 940. The average Bonchev–Trinajstić information content (AvgIpc) is 2.74. The van der Waals surface area contributed by atoms with Gasteiger partial charge in [-0.2, -0.15) is 0 Å². The van der Waals surface area contributed by atoms with Gasteiger partial charge in [-0.05, 0) is 54.6 Å². The Hall–Kier alpha value is -3.80. The van der Waals surface area contributed by atoms with Crippen molar-refractivity contribution in [3.63, 3.8) is 0 Å². The quantitative estimate of drug-likeness (QED) is 0.654. The van der Waals surface area contributed by atoms with Gasteiger partial charge in [-0.3, -0.25) is 9.59 Å². The zero-order chi connectivity index (χ0) is 19.8. The third kappa shape index (κ3) is 5.35. The maximum absolute atomic E-state index is 12.3. The standard InChI is InChI=1S/C22H20N2O4/c1-27-20-9-5-6-16(14-20)22(26)24-18-12-10-17(11-13-18)23-21(25)15-28-19-7-3-2-4-8-19/h2-14H,15H2,1H3,(H,23,25)(H,24,26). The van der Waals surface area contributed by atoms with E-state index in [9.17, 15) is 9.59 Å².